The van der Waals surface area contributed by atoms with Crippen LogP contribution in [0.3, 0.4) is 0 Å². The zero-order chi connectivity index (χ0) is 19.4. The summed E-state index contributed by atoms with van der Waals surface area (Å²) in [5.41, 5.74) is 2.65. The molecule has 2 heterocycles. The van der Waals surface area contributed by atoms with Gasteiger partial charge in [-0.2, -0.15) is 0 Å². The monoisotopic (exact) mass is 589 g/mol. The molecular weight excluding hydrogens is 560 g/mol. The van der Waals surface area contributed by atoms with Gasteiger partial charge in [0.05, 0.1) is 0 Å². The molecule has 5 atom stereocenters. The van der Waals surface area contributed by atoms with Crippen LogP contribution in [0, 0.1) is 18.8 Å². The van der Waals surface area contributed by atoms with Gasteiger partial charge in [0, 0.05) is 24.4 Å². The van der Waals surface area contributed by atoms with E-state index in [1.54, 1.807) is 0 Å². The van der Waals surface area contributed by atoms with Gasteiger partial charge in [-0.15, -0.1) is 0 Å². The number of fused-ring (bicyclic) bond motifs is 2. The van der Waals surface area contributed by atoms with Crippen LogP contribution in [0.5, 0.6) is 0 Å². The minimum Gasteiger partial charge on any atom is -0.300 e. The van der Waals surface area contributed by atoms with Crippen molar-refractivity contribution in [1.29, 1.82) is 0 Å². The van der Waals surface area contributed by atoms with Gasteiger partial charge >= 0.3 is 0 Å². The summed E-state index contributed by atoms with van der Waals surface area (Å²) in [5.74, 6) is 1.27. The Balaban J connectivity index is 1.85. The highest BCUT2D eigenvalue weighted by Gasteiger charge is 2.48. The Morgan fingerprint density at radius 1 is 1.22 bits per heavy atom. The molecule has 2 fully saturated rings. The third kappa shape index (κ3) is 5.04. The van der Waals surface area contributed by atoms with E-state index in [-0.39, 0.29) is 5.92 Å². The molecule has 146 valence electrons. The van der Waals surface area contributed by atoms with Gasteiger partial charge in [-0.3, -0.25) is 9.69 Å². The van der Waals surface area contributed by atoms with Gasteiger partial charge in [-0.25, -0.2) is 0 Å². The largest absolute Gasteiger partial charge is 0.300 e. The molecular formula is C23H29I2NO. The maximum Gasteiger partial charge on any atom is 0.138 e. The maximum atomic E-state index is 13.5. The second kappa shape index (κ2) is 10.0. The third-order valence-electron chi connectivity index (χ3n) is 6.48. The number of Topliss-reactive ketones (excluding diaryl/α,β-unsaturated/α-hetero) is 1. The number of hydrogen-bond donors (Lipinski definition) is 0. The second-order valence-electron chi connectivity index (χ2n) is 8.09. The van der Waals surface area contributed by atoms with Crippen molar-refractivity contribution in [1.82, 2.24) is 4.90 Å². The first kappa shape index (κ1) is 21.5. The molecule has 27 heavy (non-hydrogen) atoms. The first-order valence-electron chi connectivity index (χ1n) is 9.88. The topological polar surface area (TPSA) is 20.3 Å². The standard InChI is InChI=1S/C23H29I2NO/c1-16-5-7-18(8-6-16)20-15-19-9-10-21(26(19)2)23(20)22(27)14-17(11-13-25)4-3-12-24/h3,5-8,11-13,17,19-21,23H,4,9-10,14-15H2,1-2H3/b12-3+,13-11+/t17?,19-,20+,21+,23-/m0/s1. The Morgan fingerprint density at radius 3 is 2.63 bits per heavy atom. The number of rotatable bonds is 7. The molecule has 0 aliphatic carbocycles. The minimum absolute atomic E-state index is 0.130. The zero-order valence-corrected chi connectivity index (χ0v) is 20.5. The van der Waals surface area contributed by atoms with Crippen molar-refractivity contribution in [2.45, 2.75) is 57.0 Å². The fourth-order valence-electron chi connectivity index (χ4n) is 5.02. The van der Waals surface area contributed by atoms with E-state index in [0.29, 0.717) is 36.1 Å². The van der Waals surface area contributed by atoms with E-state index in [9.17, 15) is 4.79 Å². The number of ketones is 1. The van der Waals surface area contributed by atoms with Crippen molar-refractivity contribution in [3.05, 3.63) is 55.7 Å². The molecule has 2 saturated heterocycles. The lowest BCUT2D eigenvalue weighted by atomic mass is 9.72. The maximum absolute atomic E-state index is 13.5. The Hall–Kier alpha value is -0.210. The van der Waals surface area contributed by atoms with Gasteiger partial charge < -0.3 is 0 Å². The summed E-state index contributed by atoms with van der Waals surface area (Å²) in [6.45, 7) is 2.13. The van der Waals surface area contributed by atoms with E-state index < -0.39 is 0 Å². The van der Waals surface area contributed by atoms with Gasteiger partial charge in [0.15, 0.2) is 0 Å². The van der Waals surface area contributed by atoms with Crippen LogP contribution in [-0.4, -0.2) is 29.8 Å². The average Bonchev–Trinajstić information content (AvgIpc) is 2.89. The van der Waals surface area contributed by atoms with Gasteiger partial charge in [0.1, 0.15) is 5.78 Å². The third-order valence-corrected chi connectivity index (χ3v) is 7.41. The number of halogens is 2. The van der Waals surface area contributed by atoms with Crippen molar-refractivity contribution in [2.24, 2.45) is 11.8 Å². The fraction of sp³-hybridized carbons (Fsp3) is 0.522. The fourth-order valence-corrected chi connectivity index (χ4v) is 5.90. The Kier molecular flexibility index (Phi) is 7.97. The number of allylic oxidation sites excluding steroid dienone is 2. The highest BCUT2D eigenvalue weighted by Crippen LogP contribution is 2.47. The molecule has 2 aliphatic heterocycles. The molecule has 0 amide bonds. The number of benzene rings is 1. The van der Waals surface area contributed by atoms with Gasteiger partial charge in [-0.05, 0) is 65.2 Å². The van der Waals surface area contributed by atoms with E-state index in [1.165, 1.54) is 24.0 Å². The highest BCUT2D eigenvalue weighted by atomic mass is 127. The number of piperidine rings is 1. The Bertz CT molecular complexity index is 697. The summed E-state index contributed by atoms with van der Waals surface area (Å²) in [5, 5.41) is 0. The lowest BCUT2D eigenvalue weighted by Gasteiger charge is -2.43. The van der Waals surface area contributed by atoms with Crippen molar-refractivity contribution >= 4 is 51.0 Å². The van der Waals surface area contributed by atoms with Gasteiger partial charge in [0.25, 0.3) is 0 Å². The molecule has 2 aliphatic rings. The summed E-state index contributed by atoms with van der Waals surface area (Å²) in [6, 6.07) is 9.95. The normalized spacial score (nSPS) is 29.6. The van der Waals surface area contributed by atoms with Crippen LogP contribution in [0.4, 0.5) is 0 Å². The molecule has 1 aromatic carbocycles. The summed E-state index contributed by atoms with van der Waals surface area (Å²) in [4.78, 5) is 16.0. The van der Waals surface area contributed by atoms with Gasteiger partial charge in [-0.1, -0.05) is 87.2 Å². The lowest BCUT2D eigenvalue weighted by Crippen LogP contribution is -2.48. The molecule has 0 radical (unpaired) electrons. The molecule has 1 unspecified atom stereocenters. The number of aryl methyl sites for hydroxylation is 1. The van der Waals surface area contributed by atoms with Crippen molar-refractivity contribution < 1.29 is 4.79 Å². The van der Waals surface area contributed by atoms with Crippen molar-refractivity contribution in [3.63, 3.8) is 0 Å². The SMILES string of the molecule is Cc1ccc([C@H]2C[C@@H]3CC[C@H]([C@H]2C(=O)CC(/C=C/I)C/C=C/I)N3C)cc1. The summed E-state index contributed by atoms with van der Waals surface area (Å²) in [6.07, 6.45) is 9.49. The summed E-state index contributed by atoms with van der Waals surface area (Å²) in [7, 11) is 2.23. The average molecular weight is 589 g/mol. The molecule has 3 rings (SSSR count). The molecule has 4 heteroatoms. The molecule has 2 bridgehead atoms. The van der Waals surface area contributed by atoms with Crippen LogP contribution in [0.2, 0.25) is 0 Å². The van der Waals surface area contributed by atoms with E-state index in [4.69, 9.17) is 0 Å². The summed E-state index contributed by atoms with van der Waals surface area (Å²) < 4.78 is 4.12. The number of carbonyl (C=O) groups is 1. The van der Waals surface area contributed by atoms with Crippen LogP contribution >= 0.6 is 45.2 Å². The van der Waals surface area contributed by atoms with Crippen LogP contribution in [0.15, 0.2) is 44.6 Å². The van der Waals surface area contributed by atoms with E-state index in [2.05, 4.69) is 109 Å². The number of hydrogen-bond acceptors (Lipinski definition) is 2. The predicted octanol–water partition coefficient (Wildman–Crippen LogP) is 6.42. The van der Waals surface area contributed by atoms with Crippen LogP contribution in [-0.2, 0) is 4.79 Å². The number of nitrogens with zero attached hydrogens (tertiary/aromatic N) is 1. The highest BCUT2D eigenvalue weighted by molar-refractivity contribution is 14.1. The first-order valence-corrected chi connectivity index (χ1v) is 12.4. The molecule has 1 aromatic rings. The molecule has 2 nitrogen and oxygen atoms in total. The molecule has 0 saturated carbocycles. The summed E-state index contributed by atoms with van der Waals surface area (Å²) >= 11 is 4.53. The van der Waals surface area contributed by atoms with Crippen LogP contribution < -0.4 is 0 Å². The van der Waals surface area contributed by atoms with Gasteiger partial charge in [0.2, 0.25) is 0 Å². The van der Waals surface area contributed by atoms with E-state index in [0.717, 1.165) is 12.8 Å². The minimum atomic E-state index is 0.130. The molecule has 0 N–H and O–H groups in total. The first-order chi connectivity index (χ1) is 13.0. The molecule has 0 spiro atoms. The van der Waals surface area contributed by atoms with Crippen LogP contribution in [0.25, 0.3) is 0 Å². The van der Waals surface area contributed by atoms with E-state index >= 15 is 0 Å². The van der Waals surface area contributed by atoms with Crippen LogP contribution in [0.1, 0.15) is 49.1 Å². The number of carbonyl (C=O) groups excluding carboxylic acids is 1. The Morgan fingerprint density at radius 2 is 1.96 bits per heavy atom. The lowest BCUT2D eigenvalue weighted by molar-refractivity contribution is -0.127. The van der Waals surface area contributed by atoms with Crippen molar-refractivity contribution in [3.8, 4) is 0 Å². The smallest absolute Gasteiger partial charge is 0.138 e. The van der Waals surface area contributed by atoms with E-state index in [1.807, 2.05) is 0 Å². The van der Waals surface area contributed by atoms with Crippen molar-refractivity contribution in [2.75, 3.05) is 7.05 Å². The Labute approximate surface area is 191 Å². The zero-order valence-electron chi connectivity index (χ0n) is 16.2. The molecule has 0 aromatic heterocycles. The predicted molar refractivity (Wildman–Crippen MR) is 131 cm³/mol. The quantitative estimate of drug-likeness (QED) is 0.342. The second-order valence-corrected chi connectivity index (χ2v) is 9.53.